The second kappa shape index (κ2) is 14.8. The van der Waals surface area contributed by atoms with Gasteiger partial charge < -0.3 is 30.2 Å². The number of anilines is 1. The maximum atomic E-state index is 14.7. The molecule has 11 nitrogen and oxygen atoms in total. The number of ether oxygens (including phenoxy) is 1. The first-order chi connectivity index (χ1) is 24.0. The summed E-state index contributed by atoms with van der Waals surface area (Å²) in [5.41, 5.74) is 5.92. The summed E-state index contributed by atoms with van der Waals surface area (Å²) in [4.78, 5) is 65.2. The third-order valence-corrected chi connectivity index (χ3v) is 9.64. The number of aromatic nitrogens is 2. The second-order valence-electron chi connectivity index (χ2n) is 15.5. The molecule has 5 rings (SSSR count). The molecule has 1 atom stereocenters. The first kappa shape index (κ1) is 37.5. The first-order valence-corrected chi connectivity index (χ1v) is 17.8. The fourth-order valence-corrected chi connectivity index (χ4v) is 7.01. The summed E-state index contributed by atoms with van der Waals surface area (Å²) in [6.45, 7) is 20.3. The molecule has 3 N–H and O–H groups in total. The Labute approximate surface area is 300 Å². The van der Waals surface area contributed by atoms with Crippen LogP contribution < -0.4 is 16.2 Å². The maximum Gasteiger partial charge on any atom is 0.410 e. The Morgan fingerprint density at radius 1 is 1.06 bits per heavy atom. The van der Waals surface area contributed by atoms with Crippen molar-refractivity contribution >= 4 is 23.6 Å². The highest BCUT2D eigenvalue weighted by atomic mass is 16.6. The molecule has 3 aromatic rings. The number of piperazine rings is 1. The normalized spacial score (nSPS) is 16.2. The molecule has 1 aliphatic heterocycles. The van der Waals surface area contributed by atoms with Gasteiger partial charge in [-0.3, -0.25) is 19.4 Å². The molecule has 1 fully saturated rings. The molecule has 0 saturated carbocycles. The molecule has 0 radical (unpaired) electrons. The molecule has 3 heterocycles. The smallest absolute Gasteiger partial charge is 0.410 e. The van der Waals surface area contributed by atoms with E-state index in [9.17, 15) is 19.2 Å². The Bertz CT molecular complexity index is 1900. The molecule has 1 aromatic carbocycles. The number of nitrogens with one attached hydrogen (secondary N) is 3. The van der Waals surface area contributed by atoms with Crippen LogP contribution in [0.25, 0.3) is 11.1 Å². The quantitative estimate of drug-likeness (QED) is 0.244. The van der Waals surface area contributed by atoms with Gasteiger partial charge >= 0.3 is 6.09 Å². The van der Waals surface area contributed by atoms with Crippen molar-refractivity contribution in [3.8, 4) is 11.1 Å². The lowest BCUT2D eigenvalue weighted by Crippen LogP contribution is -2.50. The number of nitrogens with zero attached hydrogens (tertiary/aromatic N) is 3. The van der Waals surface area contributed by atoms with Crippen LogP contribution >= 0.6 is 0 Å². The van der Waals surface area contributed by atoms with Crippen LogP contribution in [-0.2, 0) is 28.9 Å². The van der Waals surface area contributed by atoms with Crippen LogP contribution in [0.15, 0.2) is 47.9 Å². The molecule has 0 bridgehead atoms. The number of benzene rings is 1. The van der Waals surface area contributed by atoms with Crippen LogP contribution in [0.1, 0.15) is 104 Å². The van der Waals surface area contributed by atoms with E-state index in [-0.39, 0.29) is 24.6 Å². The minimum absolute atomic E-state index is 0.150. The Balaban J connectivity index is 1.55. The number of hydrogen-bond acceptors (Lipinski definition) is 7. The van der Waals surface area contributed by atoms with Crippen molar-refractivity contribution in [3.63, 3.8) is 0 Å². The Hall–Kier alpha value is -4.77. The van der Waals surface area contributed by atoms with E-state index >= 15 is 0 Å². The third kappa shape index (κ3) is 8.25. The molecule has 272 valence electrons. The SMILES string of the molecule is C=CC(=O)Nc1c(C2CN(C(=O)OC(C)(C)C)CCN2)ncc(-c2ccccc2C(=O)N(Cc2c3c(c(C)[nH]c2=O)CCCC3)C(C)(C)C)c1C. The van der Waals surface area contributed by atoms with E-state index in [0.29, 0.717) is 52.3 Å². The van der Waals surface area contributed by atoms with Crippen LogP contribution in [0.4, 0.5) is 10.5 Å². The molecular weight excluding hydrogens is 644 g/mol. The molecule has 51 heavy (non-hydrogen) atoms. The predicted molar refractivity (Wildman–Crippen MR) is 200 cm³/mol. The second-order valence-corrected chi connectivity index (χ2v) is 15.5. The van der Waals surface area contributed by atoms with E-state index in [0.717, 1.165) is 36.9 Å². The highest BCUT2D eigenvalue weighted by Gasteiger charge is 2.34. The lowest BCUT2D eigenvalue weighted by molar-refractivity contribution is -0.111. The van der Waals surface area contributed by atoms with Crippen molar-refractivity contribution in [2.45, 2.75) is 105 Å². The zero-order valence-corrected chi connectivity index (χ0v) is 31.3. The van der Waals surface area contributed by atoms with Crippen molar-refractivity contribution < 1.29 is 19.1 Å². The summed E-state index contributed by atoms with van der Waals surface area (Å²) >= 11 is 0. The number of aryl methyl sites for hydroxylation is 1. The van der Waals surface area contributed by atoms with Gasteiger partial charge in [-0.2, -0.15) is 0 Å². The molecule has 1 saturated heterocycles. The van der Waals surface area contributed by atoms with Gasteiger partial charge in [-0.25, -0.2) is 4.79 Å². The van der Waals surface area contributed by atoms with E-state index < -0.39 is 29.2 Å². The zero-order chi connectivity index (χ0) is 37.2. The predicted octanol–water partition coefficient (Wildman–Crippen LogP) is 6.38. The lowest BCUT2D eigenvalue weighted by Gasteiger charge is -2.37. The van der Waals surface area contributed by atoms with E-state index in [4.69, 9.17) is 9.72 Å². The monoisotopic (exact) mass is 696 g/mol. The van der Waals surface area contributed by atoms with Crippen molar-refractivity contribution in [1.29, 1.82) is 0 Å². The number of rotatable bonds is 7. The number of carbonyl (C=O) groups excluding carboxylic acids is 3. The van der Waals surface area contributed by atoms with Gasteiger partial charge in [0.05, 0.1) is 24.0 Å². The van der Waals surface area contributed by atoms with Gasteiger partial charge in [0.25, 0.3) is 11.5 Å². The molecular formula is C40H52N6O5. The van der Waals surface area contributed by atoms with Gasteiger partial charge in [0.1, 0.15) is 5.60 Å². The van der Waals surface area contributed by atoms with Gasteiger partial charge in [0.2, 0.25) is 5.91 Å². The molecule has 11 heteroatoms. The Morgan fingerprint density at radius 2 is 1.75 bits per heavy atom. The minimum Gasteiger partial charge on any atom is -0.444 e. The number of hydrogen-bond donors (Lipinski definition) is 3. The highest BCUT2D eigenvalue weighted by molar-refractivity contribution is 6.03. The molecule has 1 unspecified atom stereocenters. The van der Waals surface area contributed by atoms with Gasteiger partial charge in [0.15, 0.2) is 0 Å². The van der Waals surface area contributed by atoms with Gasteiger partial charge in [-0.1, -0.05) is 24.8 Å². The standard InChI is InChI=1S/C40H52N6O5/c1-10-33(47)44-34-24(2)30(21-42-35(34)32-23-45(20-19-41-32)38(50)51-40(7,8)9)28-17-13-14-18-29(28)37(49)46(39(4,5)6)22-31-27-16-12-11-15-26(27)25(3)43-36(31)48/h10,13-14,17-18,21,32,41H,1,11-12,15-16,19-20,22-23H2,2-9H3,(H,43,48)(H,44,47). The van der Waals surface area contributed by atoms with Crippen LogP contribution in [0, 0.1) is 13.8 Å². The summed E-state index contributed by atoms with van der Waals surface area (Å²) in [5.74, 6) is -0.627. The van der Waals surface area contributed by atoms with Crippen LogP contribution in [0.3, 0.4) is 0 Å². The van der Waals surface area contributed by atoms with Gasteiger partial charge in [-0.15, -0.1) is 0 Å². The fraction of sp³-hybridized carbons (Fsp3) is 0.475. The summed E-state index contributed by atoms with van der Waals surface area (Å²) in [7, 11) is 0. The van der Waals surface area contributed by atoms with Crippen LogP contribution in [0.2, 0.25) is 0 Å². The number of aromatic amines is 1. The molecule has 3 amide bonds. The van der Waals surface area contributed by atoms with Crippen LogP contribution in [-0.4, -0.2) is 68.4 Å². The first-order valence-electron chi connectivity index (χ1n) is 17.8. The highest BCUT2D eigenvalue weighted by Crippen LogP contribution is 2.37. The number of carbonyl (C=O) groups is 3. The van der Waals surface area contributed by atoms with E-state index in [1.54, 1.807) is 22.1 Å². The lowest BCUT2D eigenvalue weighted by atomic mass is 9.87. The number of amides is 3. The van der Waals surface area contributed by atoms with Crippen molar-refractivity contribution in [2.24, 2.45) is 0 Å². The van der Waals surface area contributed by atoms with Crippen molar-refractivity contribution in [3.05, 3.63) is 92.7 Å². The summed E-state index contributed by atoms with van der Waals surface area (Å²) in [6, 6.07) is 6.96. The molecule has 1 aliphatic carbocycles. The zero-order valence-electron chi connectivity index (χ0n) is 31.3. The number of fused-ring (bicyclic) bond motifs is 1. The summed E-state index contributed by atoms with van der Waals surface area (Å²) in [6.07, 6.45) is 6.33. The average molecular weight is 697 g/mol. The number of pyridine rings is 2. The number of H-pyrrole nitrogens is 1. The summed E-state index contributed by atoms with van der Waals surface area (Å²) < 4.78 is 5.63. The van der Waals surface area contributed by atoms with E-state index in [2.05, 4.69) is 22.2 Å². The Morgan fingerprint density at radius 3 is 2.41 bits per heavy atom. The topological polar surface area (TPSA) is 137 Å². The molecule has 2 aliphatic rings. The summed E-state index contributed by atoms with van der Waals surface area (Å²) in [5, 5.41) is 6.40. The minimum atomic E-state index is -0.639. The molecule has 0 spiro atoms. The Kier molecular flexibility index (Phi) is 10.9. The van der Waals surface area contributed by atoms with E-state index in [1.165, 1.54) is 11.6 Å². The fourth-order valence-electron chi connectivity index (χ4n) is 7.01. The molecule has 2 aromatic heterocycles. The average Bonchev–Trinajstić information content (AvgIpc) is 3.07. The van der Waals surface area contributed by atoms with Gasteiger partial charge in [-0.05, 0) is 115 Å². The van der Waals surface area contributed by atoms with Crippen LogP contribution in [0.5, 0.6) is 0 Å². The van der Waals surface area contributed by atoms with Gasteiger partial charge in [0, 0.05) is 53.8 Å². The third-order valence-electron chi connectivity index (χ3n) is 9.64. The maximum absolute atomic E-state index is 14.7. The van der Waals surface area contributed by atoms with Crippen molar-refractivity contribution in [2.75, 3.05) is 25.0 Å². The van der Waals surface area contributed by atoms with E-state index in [1.807, 2.05) is 73.6 Å². The van der Waals surface area contributed by atoms with Crippen molar-refractivity contribution in [1.82, 2.24) is 25.1 Å². The largest absolute Gasteiger partial charge is 0.444 e.